The SMILES string of the molecule is C=CCNC(=O)N1CCN(C2=Nc3cc(C(F)(F)F)ccc3Oc3ccc(C)cc32)C[C@@H]1C. The lowest BCUT2D eigenvalue weighted by Gasteiger charge is -2.41. The van der Waals surface area contributed by atoms with Crippen molar-refractivity contribution in [2.75, 3.05) is 26.2 Å². The van der Waals surface area contributed by atoms with Crippen LogP contribution in [0.1, 0.15) is 23.6 Å². The molecule has 2 aliphatic heterocycles. The van der Waals surface area contributed by atoms with E-state index in [2.05, 4.69) is 16.9 Å². The number of ether oxygens (including phenoxy) is 1. The largest absolute Gasteiger partial charge is 0.454 e. The number of benzene rings is 2. The second kappa shape index (κ2) is 8.80. The van der Waals surface area contributed by atoms with Crippen molar-refractivity contribution in [3.63, 3.8) is 0 Å². The van der Waals surface area contributed by atoms with Crippen LogP contribution in [-0.2, 0) is 6.18 Å². The average Bonchev–Trinajstić information content (AvgIpc) is 2.92. The van der Waals surface area contributed by atoms with Gasteiger partial charge in [0, 0.05) is 32.2 Å². The van der Waals surface area contributed by atoms with E-state index in [1.54, 1.807) is 17.0 Å². The Kier molecular flexibility index (Phi) is 6.05. The molecule has 2 aliphatic rings. The molecule has 2 aromatic rings. The van der Waals surface area contributed by atoms with Gasteiger partial charge >= 0.3 is 12.2 Å². The van der Waals surface area contributed by atoms with E-state index in [1.165, 1.54) is 6.07 Å². The van der Waals surface area contributed by atoms with Crippen molar-refractivity contribution >= 4 is 17.6 Å². The quantitative estimate of drug-likeness (QED) is 0.637. The summed E-state index contributed by atoms with van der Waals surface area (Å²) < 4.78 is 46.0. The molecule has 2 aromatic carbocycles. The van der Waals surface area contributed by atoms with Gasteiger partial charge in [0.25, 0.3) is 0 Å². The Morgan fingerprint density at radius 1 is 1.24 bits per heavy atom. The lowest BCUT2D eigenvalue weighted by Crippen LogP contribution is -2.57. The standard InChI is InChI=1S/C24H25F3N4O2/c1-4-9-28-23(32)31-11-10-30(14-16(31)3)22-18-12-15(2)5-7-20(18)33-21-8-6-17(24(25,26)27)13-19(21)29-22/h4-8,12-13,16H,1,9-11,14H2,2-3H3,(H,28,32)/t16-/m0/s1. The molecule has 0 bridgehead atoms. The molecule has 0 aliphatic carbocycles. The molecule has 174 valence electrons. The van der Waals surface area contributed by atoms with Gasteiger partial charge in [-0.25, -0.2) is 9.79 Å². The molecule has 0 spiro atoms. The third-order valence-corrected chi connectivity index (χ3v) is 5.69. The molecule has 33 heavy (non-hydrogen) atoms. The molecular weight excluding hydrogens is 433 g/mol. The molecule has 1 atom stereocenters. The van der Waals surface area contributed by atoms with Gasteiger partial charge in [-0.15, -0.1) is 6.58 Å². The topological polar surface area (TPSA) is 57.2 Å². The first-order valence-electron chi connectivity index (χ1n) is 10.7. The summed E-state index contributed by atoms with van der Waals surface area (Å²) in [5.41, 5.74) is 1.01. The first kappa shape index (κ1) is 22.7. The van der Waals surface area contributed by atoms with E-state index in [0.717, 1.165) is 17.7 Å². The number of urea groups is 1. The maximum atomic E-state index is 13.3. The van der Waals surface area contributed by atoms with Crippen LogP contribution in [0.3, 0.4) is 0 Å². The number of amidine groups is 1. The lowest BCUT2D eigenvalue weighted by atomic mass is 10.1. The fraction of sp³-hybridized carbons (Fsp3) is 0.333. The Bertz CT molecular complexity index is 1110. The van der Waals surface area contributed by atoms with Crippen LogP contribution in [0.25, 0.3) is 0 Å². The van der Waals surface area contributed by atoms with Crippen molar-refractivity contribution in [1.82, 2.24) is 15.1 Å². The van der Waals surface area contributed by atoms with Crippen LogP contribution in [0.15, 0.2) is 54.0 Å². The first-order valence-corrected chi connectivity index (χ1v) is 10.7. The number of hydrogen-bond donors (Lipinski definition) is 1. The van der Waals surface area contributed by atoms with Gasteiger partial charge in [0.05, 0.1) is 11.1 Å². The Balaban J connectivity index is 1.71. The summed E-state index contributed by atoms with van der Waals surface area (Å²) in [5.74, 6) is 1.32. The Hall–Kier alpha value is -3.49. The molecule has 0 unspecified atom stereocenters. The number of carbonyl (C=O) groups is 1. The van der Waals surface area contributed by atoms with Gasteiger partial charge in [0.15, 0.2) is 5.75 Å². The summed E-state index contributed by atoms with van der Waals surface area (Å²) in [5, 5.41) is 2.79. The third kappa shape index (κ3) is 4.67. The number of piperazine rings is 1. The molecule has 6 nitrogen and oxygen atoms in total. The summed E-state index contributed by atoms with van der Waals surface area (Å²) in [6, 6.07) is 8.60. The van der Waals surface area contributed by atoms with Gasteiger partial charge in [-0.3, -0.25) is 0 Å². The number of aliphatic imine (C=N–C) groups is 1. The molecule has 1 fully saturated rings. The molecule has 2 amide bonds. The van der Waals surface area contributed by atoms with Crippen LogP contribution in [0.4, 0.5) is 23.7 Å². The van der Waals surface area contributed by atoms with Crippen molar-refractivity contribution < 1.29 is 22.7 Å². The Morgan fingerprint density at radius 3 is 2.70 bits per heavy atom. The zero-order valence-corrected chi connectivity index (χ0v) is 18.4. The van der Waals surface area contributed by atoms with Crippen molar-refractivity contribution in [1.29, 1.82) is 0 Å². The van der Waals surface area contributed by atoms with Crippen molar-refractivity contribution in [2.45, 2.75) is 26.1 Å². The van der Waals surface area contributed by atoms with Crippen LogP contribution in [0.2, 0.25) is 0 Å². The first-order chi connectivity index (χ1) is 15.7. The molecule has 4 rings (SSSR count). The number of carbonyl (C=O) groups excluding carboxylic acids is 1. The number of alkyl halides is 3. The maximum Gasteiger partial charge on any atom is 0.416 e. The average molecular weight is 458 g/mol. The van der Waals surface area contributed by atoms with Crippen LogP contribution in [-0.4, -0.2) is 53.9 Å². The van der Waals surface area contributed by atoms with Crippen molar-refractivity contribution in [2.24, 2.45) is 4.99 Å². The summed E-state index contributed by atoms with van der Waals surface area (Å²) >= 11 is 0. The number of nitrogens with zero attached hydrogens (tertiary/aromatic N) is 3. The fourth-order valence-electron chi connectivity index (χ4n) is 4.02. The van der Waals surface area contributed by atoms with Crippen molar-refractivity contribution in [3.05, 3.63) is 65.7 Å². The minimum Gasteiger partial charge on any atom is -0.454 e. The molecule has 1 N–H and O–H groups in total. The second-order valence-electron chi connectivity index (χ2n) is 8.18. The van der Waals surface area contributed by atoms with E-state index in [1.807, 2.05) is 30.9 Å². The highest BCUT2D eigenvalue weighted by Gasteiger charge is 2.34. The van der Waals surface area contributed by atoms with E-state index >= 15 is 0 Å². The molecule has 0 aromatic heterocycles. The van der Waals surface area contributed by atoms with Gasteiger partial charge in [-0.2, -0.15) is 13.2 Å². The predicted octanol–water partition coefficient (Wildman–Crippen LogP) is 5.10. The zero-order chi connectivity index (χ0) is 23.8. The third-order valence-electron chi connectivity index (χ3n) is 5.69. The van der Waals surface area contributed by atoms with Crippen LogP contribution < -0.4 is 10.1 Å². The number of nitrogens with one attached hydrogen (secondary N) is 1. The van der Waals surface area contributed by atoms with E-state index in [-0.39, 0.29) is 23.5 Å². The number of amides is 2. The minimum absolute atomic E-state index is 0.118. The normalized spacial score (nSPS) is 17.8. The van der Waals surface area contributed by atoms with Crippen LogP contribution in [0.5, 0.6) is 11.5 Å². The molecule has 2 heterocycles. The molecule has 9 heteroatoms. The maximum absolute atomic E-state index is 13.3. The van der Waals surface area contributed by atoms with Gasteiger partial charge in [-0.1, -0.05) is 17.7 Å². The summed E-state index contributed by atoms with van der Waals surface area (Å²) in [4.78, 5) is 20.8. The summed E-state index contributed by atoms with van der Waals surface area (Å²) in [6.07, 6.45) is -2.87. The number of fused-ring (bicyclic) bond motifs is 2. The highest BCUT2D eigenvalue weighted by atomic mass is 19.4. The molecular formula is C24H25F3N4O2. The highest BCUT2D eigenvalue weighted by Crippen LogP contribution is 2.42. The summed E-state index contributed by atoms with van der Waals surface area (Å²) in [6.45, 7) is 9.24. The van der Waals surface area contributed by atoms with E-state index in [0.29, 0.717) is 43.3 Å². The number of aryl methyl sites for hydroxylation is 1. The number of halogens is 3. The van der Waals surface area contributed by atoms with E-state index in [9.17, 15) is 18.0 Å². The summed E-state index contributed by atoms with van der Waals surface area (Å²) in [7, 11) is 0. The fourth-order valence-corrected chi connectivity index (χ4v) is 4.02. The molecule has 0 saturated carbocycles. The Morgan fingerprint density at radius 2 is 2.00 bits per heavy atom. The zero-order valence-electron chi connectivity index (χ0n) is 18.4. The number of hydrogen-bond acceptors (Lipinski definition) is 4. The Labute approximate surface area is 190 Å². The highest BCUT2D eigenvalue weighted by molar-refractivity contribution is 6.04. The van der Waals surface area contributed by atoms with Crippen molar-refractivity contribution in [3.8, 4) is 11.5 Å². The van der Waals surface area contributed by atoms with Gasteiger partial charge < -0.3 is 19.9 Å². The van der Waals surface area contributed by atoms with Gasteiger partial charge in [0.1, 0.15) is 17.3 Å². The molecule has 1 saturated heterocycles. The van der Waals surface area contributed by atoms with Gasteiger partial charge in [0.2, 0.25) is 0 Å². The van der Waals surface area contributed by atoms with E-state index in [4.69, 9.17) is 4.74 Å². The molecule has 0 radical (unpaired) electrons. The lowest BCUT2D eigenvalue weighted by molar-refractivity contribution is -0.137. The van der Waals surface area contributed by atoms with E-state index < -0.39 is 11.7 Å². The minimum atomic E-state index is -4.49. The monoisotopic (exact) mass is 458 g/mol. The smallest absolute Gasteiger partial charge is 0.416 e. The van der Waals surface area contributed by atoms with Crippen LogP contribution in [0, 0.1) is 6.92 Å². The predicted molar refractivity (Wildman–Crippen MR) is 120 cm³/mol. The second-order valence-corrected chi connectivity index (χ2v) is 8.18. The van der Waals surface area contributed by atoms with Gasteiger partial charge in [-0.05, 0) is 44.2 Å². The number of rotatable bonds is 2. The van der Waals surface area contributed by atoms with Crippen LogP contribution >= 0.6 is 0 Å².